The lowest BCUT2D eigenvalue weighted by atomic mass is 10.2. The quantitative estimate of drug-likeness (QED) is 0.773. The highest BCUT2D eigenvalue weighted by molar-refractivity contribution is 7.89. The molecule has 1 saturated heterocycles. The van der Waals surface area contributed by atoms with Crippen LogP contribution in [0.1, 0.15) is 19.3 Å². The summed E-state index contributed by atoms with van der Waals surface area (Å²) in [5, 5.41) is 2.92. The number of carbonyl (C=O) groups is 1. The van der Waals surface area contributed by atoms with Gasteiger partial charge in [-0.2, -0.15) is 4.31 Å². The summed E-state index contributed by atoms with van der Waals surface area (Å²) in [6.07, 6.45) is 2.73. The Morgan fingerprint density at radius 1 is 1.11 bits per heavy atom. The van der Waals surface area contributed by atoms with Gasteiger partial charge in [0, 0.05) is 31.5 Å². The van der Waals surface area contributed by atoms with Gasteiger partial charge < -0.3 is 10.2 Å². The van der Waals surface area contributed by atoms with E-state index in [1.54, 1.807) is 6.07 Å². The Hall–Kier alpha value is -2.09. The van der Waals surface area contributed by atoms with Crippen LogP contribution in [0.25, 0.3) is 0 Å². The Bertz CT molecular complexity index is 929. The molecule has 0 radical (unpaired) electrons. The van der Waals surface area contributed by atoms with Gasteiger partial charge in [0.1, 0.15) is 4.90 Å². The summed E-state index contributed by atoms with van der Waals surface area (Å²) < 4.78 is 27.3. The molecule has 0 saturated carbocycles. The van der Waals surface area contributed by atoms with Crippen molar-refractivity contribution in [3.8, 4) is 0 Å². The van der Waals surface area contributed by atoms with E-state index in [9.17, 15) is 13.2 Å². The van der Waals surface area contributed by atoms with Crippen molar-refractivity contribution >= 4 is 38.9 Å². The number of amides is 1. The number of likely N-dealkylation sites (N-methyl/N-ethyl adjacent to an activating group) is 1. The van der Waals surface area contributed by atoms with Gasteiger partial charge in [-0.05, 0) is 43.2 Å². The summed E-state index contributed by atoms with van der Waals surface area (Å²) in [5.41, 5.74) is 1.33. The van der Waals surface area contributed by atoms with E-state index in [1.807, 2.05) is 42.3 Å². The maximum Gasteiger partial charge on any atom is 0.244 e. The van der Waals surface area contributed by atoms with Gasteiger partial charge in [0.05, 0.1) is 11.6 Å². The van der Waals surface area contributed by atoms with Crippen molar-refractivity contribution in [3.63, 3.8) is 0 Å². The van der Waals surface area contributed by atoms with Crippen LogP contribution in [0.15, 0.2) is 53.4 Å². The van der Waals surface area contributed by atoms with Crippen LogP contribution in [0, 0.1) is 0 Å². The summed E-state index contributed by atoms with van der Waals surface area (Å²) >= 11 is 6.17. The summed E-state index contributed by atoms with van der Waals surface area (Å²) in [4.78, 5) is 14.2. The fourth-order valence-corrected chi connectivity index (χ4v) is 5.23. The molecule has 150 valence electrons. The van der Waals surface area contributed by atoms with Crippen LogP contribution in [0.2, 0.25) is 5.02 Å². The monoisotopic (exact) mass is 421 g/mol. The first kappa shape index (κ1) is 20.6. The fraction of sp³-hybridized carbons (Fsp3) is 0.350. The molecular formula is C20H24ClN3O3S. The Morgan fingerprint density at radius 3 is 2.46 bits per heavy atom. The van der Waals surface area contributed by atoms with Gasteiger partial charge in [0.2, 0.25) is 15.9 Å². The lowest BCUT2D eigenvalue weighted by Gasteiger charge is -2.26. The van der Waals surface area contributed by atoms with Crippen molar-refractivity contribution in [3.05, 3.63) is 53.6 Å². The number of sulfonamides is 1. The molecule has 8 heteroatoms. The van der Waals surface area contributed by atoms with E-state index in [1.165, 1.54) is 16.4 Å². The number of nitrogens with zero attached hydrogens (tertiary/aromatic N) is 2. The standard InChI is InChI=1S/C20H24ClN3O3S/c1-23(17-8-4-2-5-9-17)15-20(25)22-16-10-11-18(21)19(14-16)28(26,27)24-12-6-3-7-13-24/h2,4-5,8-11,14H,3,6-7,12-13,15H2,1H3,(H,22,25). The number of para-hydroxylation sites is 1. The third-order valence-electron chi connectivity index (χ3n) is 4.73. The Morgan fingerprint density at radius 2 is 1.79 bits per heavy atom. The zero-order chi connectivity index (χ0) is 20.1. The van der Waals surface area contributed by atoms with E-state index < -0.39 is 10.0 Å². The van der Waals surface area contributed by atoms with Crippen molar-refractivity contribution in [2.75, 3.05) is 36.9 Å². The van der Waals surface area contributed by atoms with Gasteiger partial charge in [-0.25, -0.2) is 8.42 Å². The van der Waals surface area contributed by atoms with Gasteiger partial charge in [-0.15, -0.1) is 0 Å². The molecule has 1 heterocycles. The molecule has 1 N–H and O–H groups in total. The molecule has 1 fully saturated rings. The number of carbonyl (C=O) groups excluding carboxylic acids is 1. The van der Waals surface area contributed by atoms with Crippen LogP contribution in [0.5, 0.6) is 0 Å². The molecule has 0 aliphatic carbocycles. The van der Waals surface area contributed by atoms with Crippen molar-refractivity contribution in [1.29, 1.82) is 0 Å². The molecule has 0 atom stereocenters. The molecular weight excluding hydrogens is 398 g/mol. The third-order valence-corrected chi connectivity index (χ3v) is 7.11. The van der Waals surface area contributed by atoms with Crippen molar-refractivity contribution in [2.45, 2.75) is 24.2 Å². The minimum absolute atomic E-state index is 0.0327. The van der Waals surface area contributed by atoms with Crippen molar-refractivity contribution in [2.24, 2.45) is 0 Å². The summed E-state index contributed by atoms with van der Waals surface area (Å²) in [7, 11) is -1.85. The molecule has 0 unspecified atom stereocenters. The van der Waals surface area contributed by atoms with Gasteiger partial charge in [-0.3, -0.25) is 4.79 Å². The first-order valence-electron chi connectivity index (χ1n) is 9.23. The first-order valence-corrected chi connectivity index (χ1v) is 11.1. The van der Waals surface area contributed by atoms with Gasteiger partial charge in [0.25, 0.3) is 0 Å². The summed E-state index contributed by atoms with van der Waals surface area (Å²) in [6.45, 7) is 1.13. The van der Waals surface area contributed by atoms with Gasteiger partial charge >= 0.3 is 0 Å². The second-order valence-electron chi connectivity index (χ2n) is 6.85. The van der Waals surface area contributed by atoms with E-state index in [0.717, 1.165) is 24.9 Å². The highest BCUT2D eigenvalue weighted by Gasteiger charge is 2.28. The van der Waals surface area contributed by atoms with E-state index in [0.29, 0.717) is 18.8 Å². The molecule has 2 aromatic carbocycles. The van der Waals surface area contributed by atoms with Crippen LogP contribution >= 0.6 is 11.6 Å². The van der Waals surface area contributed by atoms with Crippen molar-refractivity contribution < 1.29 is 13.2 Å². The molecule has 0 bridgehead atoms. The molecule has 1 amide bonds. The highest BCUT2D eigenvalue weighted by atomic mass is 35.5. The number of anilines is 2. The van der Waals surface area contributed by atoms with Crippen LogP contribution in [0.3, 0.4) is 0 Å². The van der Waals surface area contributed by atoms with Gasteiger partial charge in [-0.1, -0.05) is 36.2 Å². The number of piperidine rings is 1. The van der Waals surface area contributed by atoms with Crippen molar-refractivity contribution in [1.82, 2.24) is 4.31 Å². The maximum absolute atomic E-state index is 12.9. The predicted molar refractivity (Wildman–Crippen MR) is 112 cm³/mol. The largest absolute Gasteiger partial charge is 0.365 e. The second-order valence-corrected chi connectivity index (χ2v) is 9.16. The van der Waals surface area contributed by atoms with E-state index in [-0.39, 0.29) is 22.4 Å². The number of hydrogen-bond donors (Lipinski definition) is 1. The zero-order valence-electron chi connectivity index (χ0n) is 15.8. The topological polar surface area (TPSA) is 69.7 Å². The average Bonchev–Trinajstić information content (AvgIpc) is 2.70. The number of hydrogen-bond acceptors (Lipinski definition) is 4. The lowest BCUT2D eigenvalue weighted by molar-refractivity contribution is -0.114. The lowest BCUT2D eigenvalue weighted by Crippen LogP contribution is -2.35. The van der Waals surface area contributed by atoms with Crippen LogP contribution in [-0.4, -0.2) is 45.3 Å². The number of benzene rings is 2. The molecule has 1 aliphatic rings. The number of halogens is 1. The first-order chi connectivity index (χ1) is 13.4. The second kappa shape index (κ2) is 8.94. The summed E-state index contributed by atoms with van der Waals surface area (Å²) in [6, 6.07) is 14.1. The predicted octanol–water partition coefficient (Wildman–Crippen LogP) is 3.59. The van der Waals surface area contributed by atoms with E-state index in [4.69, 9.17) is 11.6 Å². The van der Waals surface area contributed by atoms with E-state index in [2.05, 4.69) is 5.32 Å². The molecule has 0 aromatic heterocycles. The SMILES string of the molecule is CN(CC(=O)Nc1ccc(Cl)c(S(=O)(=O)N2CCCCC2)c1)c1ccccc1. The molecule has 0 spiro atoms. The van der Waals surface area contributed by atoms with E-state index >= 15 is 0 Å². The Balaban J connectivity index is 1.73. The summed E-state index contributed by atoms with van der Waals surface area (Å²) in [5.74, 6) is -0.241. The minimum atomic E-state index is -3.68. The molecule has 6 nitrogen and oxygen atoms in total. The Labute approximate surface area is 171 Å². The molecule has 2 aromatic rings. The Kier molecular flexibility index (Phi) is 6.59. The zero-order valence-corrected chi connectivity index (χ0v) is 17.3. The highest BCUT2D eigenvalue weighted by Crippen LogP contribution is 2.29. The van der Waals surface area contributed by atoms with Crippen LogP contribution in [-0.2, 0) is 14.8 Å². The van der Waals surface area contributed by atoms with Gasteiger partial charge in [0.15, 0.2) is 0 Å². The number of rotatable bonds is 6. The van der Waals surface area contributed by atoms with Crippen LogP contribution < -0.4 is 10.2 Å². The smallest absolute Gasteiger partial charge is 0.244 e. The third kappa shape index (κ3) is 4.84. The average molecular weight is 422 g/mol. The minimum Gasteiger partial charge on any atom is -0.365 e. The molecule has 28 heavy (non-hydrogen) atoms. The van der Waals surface area contributed by atoms with Crippen LogP contribution in [0.4, 0.5) is 11.4 Å². The number of nitrogens with one attached hydrogen (secondary N) is 1. The normalized spacial score (nSPS) is 15.2. The molecule has 1 aliphatic heterocycles. The molecule has 3 rings (SSSR count). The fourth-order valence-electron chi connectivity index (χ4n) is 3.21. The maximum atomic E-state index is 12.9.